The molecule has 8 heteroatoms. The number of nitrogens with zero attached hydrogens (tertiary/aromatic N) is 2. The molecule has 38 heavy (non-hydrogen) atoms. The van der Waals surface area contributed by atoms with E-state index in [2.05, 4.69) is 18.0 Å². The van der Waals surface area contributed by atoms with Crippen LogP contribution in [-0.2, 0) is 30.6 Å². The second-order valence-electron chi connectivity index (χ2n) is 9.59. The van der Waals surface area contributed by atoms with Crippen LogP contribution in [0.4, 0.5) is 8.78 Å². The fourth-order valence-electron chi connectivity index (χ4n) is 4.50. The standard InChI is InChI=1S/C30H33F2N3O2S/c1-2-20-7-5-8-21(13-20)18-35(19-27(36)25(33)16-22-14-23(31)17-24(32)15-22)30(37)12-6-11-29-34-26-9-3-4-10-28(26)38-29/h3-5,7-10,13-15,17,25,27,36H,2,6,11-12,16,18-19,33H2,1H3. The van der Waals surface area contributed by atoms with Gasteiger partial charge >= 0.3 is 0 Å². The van der Waals surface area contributed by atoms with E-state index in [1.54, 1.807) is 16.2 Å². The number of hydrogen-bond donors (Lipinski definition) is 2. The van der Waals surface area contributed by atoms with Crippen LogP contribution >= 0.6 is 11.3 Å². The lowest BCUT2D eigenvalue weighted by atomic mass is 10.0. The van der Waals surface area contributed by atoms with Crippen LogP contribution in [0, 0.1) is 11.6 Å². The Morgan fingerprint density at radius 1 is 1.03 bits per heavy atom. The van der Waals surface area contributed by atoms with Gasteiger partial charge in [0.25, 0.3) is 0 Å². The van der Waals surface area contributed by atoms with Crippen molar-refractivity contribution in [2.24, 2.45) is 5.73 Å². The number of rotatable bonds is 12. The molecule has 1 amide bonds. The normalized spacial score (nSPS) is 13.0. The van der Waals surface area contributed by atoms with E-state index in [1.165, 1.54) is 12.1 Å². The van der Waals surface area contributed by atoms with Gasteiger partial charge in [-0.1, -0.05) is 43.3 Å². The largest absolute Gasteiger partial charge is 0.390 e. The Kier molecular flexibility index (Phi) is 9.55. The van der Waals surface area contributed by atoms with E-state index in [9.17, 15) is 18.7 Å². The molecular formula is C30H33F2N3O2S. The van der Waals surface area contributed by atoms with Gasteiger partial charge in [-0.3, -0.25) is 4.79 Å². The lowest BCUT2D eigenvalue weighted by molar-refractivity contribution is -0.133. The van der Waals surface area contributed by atoms with E-state index in [-0.39, 0.29) is 18.9 Å². The number of aromatic nitrogens is 1. The molecule has 1 heterocycles. The minimum absolute atomic E-state index is 0.0231. The SMILES string of the molecule is CCc1cccc(CN(CC(O)C(N)Cc2cc(F)cc(F)c2)C(=O)CCCc2nc3ccccc3s2)c1. The molecule has 0 spiro atoms. The molecule has 2 unspecified atom stereocenters. The van der Waals surface area contributed by atoms with Gasteiger partial charge in [0, 0.05) is 31.6 Å². The first-order valence-electron chi connectivity index (χ1n) is 12.9. The average molecular weight is 538 g/mol. The van der Waals surface area contributed by atoms with Crippen molar-refractivity contribution in [1.29, 1.82) is 0 Å². The van der Waals surface area contributed by atoms with Crippen LogP contribution in [0.2, 0.25) is 0 Å². The maximum absolute atomic E-state index is 13.6. The molecule has 0 aliphatic rings. The Morgan fingerprint density at radius 2 is 1.76 bits per heavy atom. The first kappa shape index (κ1) is 27.8. The fourth-order valence-corrected chi connectivity index (χ4v) is 5.51. The summed E-state index contributed by atoms with van der Waals surface area (Å²) in [5, 5.41) is 11.9. The molecule has 4 aromatic rings. The first-order valence-corrected chi connectivity index (χ1v) is 13.7. The summed E-state index contributed by atoms with van der Waals surface area (Å²) in [7, 11) is 0. The summed E-state index contributed by atoms with van der Waals surface area (Å²) in [6, 6.07) is 18.4. The van der Waals surface area contributed by atoms with Crippen molar-refractivity contribution in [3.05, 3.63) is 100 Å². The molecule has 200 valence electrons. The van der Waals surface area contributed by atoms with Gasteiger partial charge in [-0.2, -0.15) is 0 Å². The van der Waals surface area contributed by atoms with Crippen LogP contribution in [0.1, 0.15) is 41.5 Å². The summed E-state index contributed by atoms with van der Waals surface area (Å²) in [6.45, 7) is 2.43. The van der Waals surface area contributed by atoms with Gasteiger partial charge in [0.05, 0.1) is 21.3 Å². The molecule has 0 fully saturated rings. The summed E-state index contributed by atoms with van der Waals surface area (Å²) in [6.07, 6.45) is 1.53. The first-order chi connectivity index (χ1) is 18.3. The van der Waals surface area contributed by atoms with Gasteiger partial charge in [0.1, 0.15) is 11.6 Å². The van der Waals surface area contributed by atoms with Crippen LogP contribution in [0.3, 0.4) is 0 Å². The number of amides is 1. The number of carbonyl (C=O) groups excluding carboxylic acids is 1. The van der Waals surface area contributed by atoms with Gasteiger partial charge in [-0.05, 0) is 66.6 Å². The molecule has 0 bridgehead atoms. The molecule has 4 rings (SSSR count). The van der Waals surface area contributed by atoms with Gasteiger partial charge in [0.2, 0.25) is 5.91 Å². The lowest BCUT2D eigenvalue weighted by Crippen LogP contribution is -2.46. The number of thiazole rings is 1. The highest BCUT2D eigenvalue weighted by atomic mass is 32.1. The number of hydrogen-bond acceptors (Lipinski definition) is 5. The van der Waals surface area contributed by atoms with Crippen molar-refractivity contribution >= 4 is 27.5 Å². The molecular weight excluding hydrogens is 504 g/mol. The van der Waals surface area contributed by atoms with Gasteiger partial charge < -0.3 is 15.7 Å². The molecule has 3 N–H and O–H groups in total. The lowest BCUT2D eigenvalue weighted by Gasteiger charge is -2.28. The number of halogens is 2. The summed E-state index contributed by atoms with van der Waals surface area (Å²) >= 11 is 1.64. The van der Waals surface area contributed by atoms with E-state index in [0.29, 0.717) is 31.4 Å². The number of benzene rings is 3. The van der Waals surface area contributed by atoms with Crippen LogP contribution in [0.25, 0.3) is 10.2 Å². The van der Waals surface area contributed by atoms with Crippen LogP contribution < -0.4 is 5.73 Å². The van der Waals surface area contributed by atoms with Gasteiger partial charge in [-0.25, -0.2) is 13.8 Å². The smallest absolute Gasteiger partial charge is 0.222 e. The molecule has 5 nitrogen and oxygen atoms in total. The number of nitrogens with two attached hydrogens (primary N) is 1. The predicted octanol–water partition coefficient (Wildman–Crippen LogP) is 5.42. The Hall–Kier alpha value is -3.20. The number of aliphatic hydroxyl groups excluding tert-OH is 1. The average Bonchev–Trinajstić information content (AvgIpc) is 3.30. The maximum Gasteiger partial charge on any atom is 0.222 e. The predicted molar refractivity (Wildman–Crippen MR) is 148 cm³/mol. The highest BCUT2D eigenvalue weighted by Gasteiger charge is 2.23. The molecule has 0 saturated heterocycles. The van der Waals surface area contributed by atoms with E-state index < -0.39 is 23.8 Å². The summed E-state index contributed by atoms with van der Waals surface area (Å²) in [5.74, 6) is -1.47. The second-order valence-corrected chi connectivity index (χ2v) is 10.7. The van der Waals surface area contributed by atoms with Crippen molar-refractivity contribution in [1.82, 2.24) is 9.88 Å². The van der Waals surface area contributed by atoms with Crippen LogP contribution in [0.15, 0.2) is 66.7 Å². The zero-order chi connectivity index (χ0) is 27.1. The molecule has 0 saturated carbocycles. The Balaban J connectivity index is 1.42. The van der Waals surface area contributed by atoms with Crippen molar-refractivity contribution in [2.45, 2.75) is 57.7 Å². The van der Waals surface area contributed by atoms with Crippen molar-refractivity contribution in [3.8, 4) is 0 Å². The molecule has 0 aliphatic carbocycles. The third-order valence-corrected chi connectivity index (χ3v) is 7.64. The molecule has 1 aromatic heterocycles. The molecule has 3 aromatic carbocycles. The minimum Gasteiger partial charge on any atom is -0.390 e. The number of para-hydroxylation sites is 1. The molecule has 0 radical (unpaired) electrons. The zero-order valence-corrected chi connectivity index (χ0v) is 22.3. The maximum atomic E-state index is 13.6. The van der Waals surface area contributed by atoms with E-state index >= 15 is 0 Å². The number of fused-ring (bicyclic) bond motifs is 1. The van der Waals surface area contributed by atoms with E-state index in [0.717, 1.165) is 38.8 Å². The highest BCUT2D eigenvalue weighted by molar-refractivity contribution is 7.18. The van der Waals surface area contributed by atoms with E-state index in [1.807, 2.05) is 42.5 Å². The Bertz CT molecular complexity index is 1320. The minimum atomic E-state index is -1.07. The molecule has 0 aliphatic heterocycles. The topological polar surface area (TPSA) is 79.5 Å². The summed E-state index contributed by atoms with van der Waals surface area (Å²) in [4.78, 5) is 19.6. The number of aliphatic hydroxyl groups is 1. The third kappa shape index (κ3) is 7.66. The third-order valence-electron chi connectivity index (χ3n) is 6.54. The highest BCUT2D eigenvalue weighted by Crippen LogP contribution is 2.23. The Labute approximate surface area is 225 Å². The van der Waals surface area contributed by atoms with Crippen molar-refractivity contribution in [3.63, 3.8) is 0 Å². The Morgan fingerprint density at radius 3 is 2.50 bits per heavy atom. The fraction of sp³-hybridized carbons (Fsp3) is 0.333. The van der Waals surface area contributed by atoms with E-state index in [4.69, 9.17) is 5.73 Å². The van der Waals surface area contributed by atoms with Gasteiger partial charge in [-0.15, -0.1) is 11.3 Å². The quantitative estimate of drug-likeness (QED) is 0.253. The van der Waals surface area contributed by atoms with Gasteiger partial charge in [0.15, 0.2) is 0 Å². The molecule has 2 atom stereocenters. The van der Waals surface area contributed by atoms with Crippen LogP contribution in [0.5, 0.6) is 0 Å². The summed E-state index contributed by atoms with van der Waals surface area (Å²) < 4.78 is 28.3. The zero-order valence-electron chi connectivity index (χ0n) is 21.4. The monoisotopic (exact) mass is 537 g/mol. The van der Waals surface area contributed by atoms with Crippen molar-refractivity contribution in [2.75, 3.05) is 6.54 Å². The number of aryl methyl sites for hydroxylation is 2. The summed E-state index contributed by atoms with van der Waals surface area (Å²) in [5.41, 5.74) is 9.67. The van der Waals surface area contributed by atoms with Crippen molar-refractivity contribution < 1.29 is 18.7 Å². The second kappa shape index (κ2) is 13.0. The van der Waals surface area contributed by atoms with Crippen LogP contribution in [-0.4, -0.2) is 39.6 Å². The number of carbonyl (C=O) groups is 1.